The van der Waals surface area contributed by atoms with E-state index in [-0.39, 0.29) is 34.6 Å². The van der Waals surface area contributed by atoms with Crippen molar-refractivity contribution in [1.82, 2.24) is 0 Å². The molecule has 5 nitrogen and oxygen atoms in total. The van der Waals surface area contributed by atoms with Gasteiger partial charge in [-0.05, 0) is 30.7 Å². The Labute approximate surface area is 155 Å². The van der Waals surface area contributed by atoms with Crippen molar-refractivity contribution in [3.8, 4) is 0 Å². The molecule has 3 rings (SSSR count). The van der Waals surface area contributed by atoms with Crippen molar-refractivity contribution in [3.63, 3.8) is 0 Å². The monoisotopic (exact) mass is 430 g/mol. The van der Waals surface area contributed by atoms with Gasteiger partial charge in [0.15, 0.2) is 15.0 Å². The molecule has 2 heterocycles. The van der Waals surface area contributed by atoms with Gasteiger partial charge in [-0.25, -0.2) is 8.42 Å². The highest BCUT2D eigenvalue weighted by molar-refractivity contribution is 9.10. The summed E-state index contributed by atoms with van der Waals surface area (Å²) >= 11 is 4.82. The quantitative estimate of drug-likeness (QED) is 0.736. The van der Waals surface area contributed by atoms with Crippen molar-refractivity contribution in [2.24, 2.45) is 10.9 Å². The van der Waals surface area contributed by atoms with Crippen LogP contribution < -0.4 is 4.90 Å². The molecule has 1 aromatic carbocycles. The second kappa shape index (κ2) is 6.80. The summed E-state index contributed by atoms with van der Waals surface area (Å²) in [5, 5.41) is 0.551. The van der Waals surface area contributed by atoms with E-state index >= 15 is 0 Å². The number of rotatable bonds is 3. The molecule has 0 aliphatic carbocycles. The minimum Gasteiger partial charge on any atom is -0.316 e. The highest BCUT2D eigenvalue weighted by Crippen LogP contribution is 2.41. The van der Waals surface area contributed by atoms with Crippen LogP contribution in [0.2, 0.25) is 0 Å². The molecule has 0 radical (unpaired) electrons. The molecule has 2 fully saturated rings. The van der Waals surface area contributed by atoms with Crippen molar-refractivity contribution in [2.75, 3.05) is 16.4 Å². The lowest BCUT2D eigenvalue weighted by atomic mass is 10.1. The van der Waals surface area contributed by atoms with Gasteiger partial charge in [0.1, 0.15) is 0 Å². The van der Waals surface area contributed by atoms with Gasteiger partial charge in [0, 0.05) is 21.3 Å². The van der Waals surface area contributed by atoms with Crippen LogP contribution in [-0.4, -0.2) is 42.3 Å². The van der Waals surface area contributed by atoms with Crippen molar-refractivity contribution < 1.29 is 13.2 Å². The van der Waals surface area contributed by atoms with Gasteiger partial charge in [-0.3, -0.25) is 4.79 Å². The number of halogens is 1. The van der Waals surface area contributed by atoms with Crippen LogP contribution in [0.1, 0.15) is 20.3 Å². The summed E-state index contributed by atoms with van der Waals surface area (Å²) < 4.78 is 25.0. The van der Waals surface area contributed by atoms with Gasteiger partial charge in [-0.1, -0.05) is 41.5 Å². The van der Waals surface area contributed by atoms with E-state index in [1.165, 1.54) is 11.8 Å². The summed E-state index contributed by atoms with van der Waals surface area (Å²) in [7, 11) is -3.04. The summed E-state index contributed by atoms with van der Waals surface area (Å²) in [5.74, 6) is -0.0256. The fourth-order valence-corrected chi connectivity index (χ4v) is 7.03. The average Bonchev–Trinajstić information content (AvgIpc) is 2.98. The number of hydrogen-bond donors (Lipinski definition) is 0. The standard InChI is InChI=1S/C16H19BrN2O3S2/c1-3-10(2)15(20)18-16-19(12-6-4-11(17)5-7-12)13-8-24(21,22)9-14(13)23-16/h4-7,10,13-14H,3,8-9H2,1-2H3/t10-,13-,14+/m1/s1. The molecule has 130 valence electrons. The maximum absolute atomic E-state index is 12.3. The van der Waals surface area contributed by atoms with Crippen LogP contribution in [0.15, 0.2) is 33.7 Å². The summed E-state index contributed by atoms with van der Waals surface area (Å²) in [6.07, 6.45) is 0.736. The van der Waals surface area contributed by atoms with Crippen molar-refractivity contribution in [3.05, 3.63) is 28.7 Å². The normalized spacial score (nSPS) is 28.1. The van der Waals surface area contributed by atoms with Crippen molar-refractivity contribution in [1.29, 1.82) is 0 Å². The van der Waals surface area contributed by atoms with E-state index in [0.29, 0.717) is 5.17 Å². The maximum atomic E-state index is 12.3. The van der Waals surface area contributed by atoms with E-state index in [2.05, 4.69) is 20.9 Å². The van der Waals surface area contributed by atoms with Gasteiger partial charge in [-0.2, -0.15) is 4.99 Å². The highest BCUT2D eigenvalue weighted by Gasteiger charge is 2.49. The molecule has 0 N–H and O–H groups in total. The van der Waals surface area contributed by atoms with Crippen LogP contribution in [0.4, 0.5) is 5.69 Å². The number of nitrogens with zero attached hydrogens (tertiary/aromatic N) is 2. The highest BCUT2D eigenvalue weighted by atomic mass is 79.9. The molecule has 2 aliphatic heterocycles. The molecule has 1 amide bonds. The van der Waals surface area contributed by atoms with E-state index in [4.69, 9.17) is 0 Å². The molecule has 0 saturated carbocycles. The van der Waals surface area contributed by atoms with Gasteiger partial charge >= 0.3 is 0 Å². The van der Waals surface area contributed by atoms with Crippen molar-refractivity contribution >= 4 is 54.3 Å². The summed E-state index contributed by atoms with van der Waals surface area (Å²) in [5.41, 5.74) is 0.867. The fraction of sp³-hybridized carbons (Fsp3) is 0.500. The molecule has 0 unspecified atom stereocenters. The zero-order valence-electron chi connectivity index (χ0n) is 13.5. The first-order valence-electron chi connectivity index (χ1n) is 7.85. The smallest absolute Gasteiger partial charge is 0.250 e. The second-order valence-electron chi connectivity index (χ2n) is 6.19. The van der Waals surface area contributed by atoms with E-state index in [1.54, 1.807) is 0 Å². The Morgan fingerprint density at radius 1 is 1.38 bits per heavy atom. The van der Waals surface area contributed by atoms with Crippen molar-refractivity contribution in [2.45, 2.75) is 31.6 Å². The third kappa shape index (κ3) is 3.55. The summed E-state index contributed by atoms with van der Waals surface area (Å²) in [6.45, 7) is 3.82. The molecule has 0 aromatic heterocycles. The van der Waals surface area contributed by atoms with Crippen LogP contribution in [0, 0.1) is 5.92 Å². The lowest BCUT2D eigenvalue weighted by Crippen LogP contribution is -2.37. The number of carbonyl (C=O) groups is 1. The molecule has 8 heteroatoms. The lowest BCUT2D eigenvalue weighted by Gasteiger charge is -2.24. The number of hydrogen-bond acceptors (Lipinski definition) is 4. The van der Waals surface area contributed by atoms with Gasteiger partial charge in [0.05, 0.1) is 17.5 Å². The van der Waals surface area contributed by atoms with Crippen LogP contribution in [0.3, 0.4) is 0 Å². The SMILES string of the molecule is CC[C@@H](C)C(=O)N=C1S[C@H]2CS(=O)(=O)C[C@H]2N1c1ccc(Br)cc1. The maximum Gasteiger partial charge on any atom is 0.250 e. The van der Waals surface area contributed by atoms with E-state index in [9.17, 15) is 13.2 Å². The van der Waals surface area contributed by atoms with Gasteiger partial charge in [0.25, 0.3) is 5.91 Å². The fourth-order valence-electron chi connectivity index (χ4n) is 2.85. The third-order valence-electron chi connectivity index (χ3n) is 4.41. The van der Waals surface area contributed by atoms with Gasteiger partial charge in [-0.15, -0.1) is 0 Å². The number of sulfone groups is 1. The number of benzene rings is 1. The largest absolute Gasteiger partial charge is 0.316 e. The van der Waals surface area contributed by atoms with Gasteiger partial charge in [0.2, 0.25) is 0 Å². The number of amides is 1. The minimum atomic E-state index is -3.04. The number of carbonyl (C=O) groups excluding carboxylic acids is 1. The molecule has 0 bridgehead atoms. The first-order chi connectivity index (χ1) is 11.3. The Bertz CT molecular complexity index is 777. The molecule has 2 aliphatic rings. The van der Waals surface area contributed by atoms with Crippen LogP contribution in [0.25, 0.3) is 0 Å². The molecular weight excluding hydrogens is 412 g/mol. The Morgan fingerprint density at radius 2 is 2.04 bits per heavy atom. The van der Waals surface area contributed by atoms with Crippen LogP contribution >= 0.6 is 27.7 Å². The Morgan fingerprint density at radius 3 is 2.67 bits per heavy atom. The third-order valence-corrected chi connectivity index (χ3v) is 8.15. The zero-order chi connectivity index (χ0) is 17.5. The number of fused-ring (bicyclic) bond motifs is 1. The average molecular weight is 431 g/mol. The van der Waals surface area contributed by atoms with E-state index in [0.717, 1.165) is 16.6 Å². The molecule has 2 saturated heterocycles. The molecule has 1 aromatic rings. The summed E-state index contributed by atoms with van der Waals surface area (Å²) in [4.78, 5) is 18.5. The minimum absolute atomic E-state index is 0.0675. The van der Waals surface area contributed by atoms with Crippen LogP contribution in [-0.2, 0) is 14.6 Å². The molecule has 3 atom stereocenters. The second-order valence-corrected chi connectivity index (χ2v) is 10.5. The predicted molar refractivity (Wildman–Crippen MR) is 102 cm³/mol. The predicted octanol–water partition coefficient (Wildman–Crippen LogP) is 3.10. The van der Waals surface area contributed by atoms with E-state index in [1.807, 2.05) is 43.0 Å². The molecule has 0 spiro atoms. The Hall–Kier alpha value is -0.860. The van der Waals surface area contributed by atoms with E-state index < -0.39 is 9.84 Å². The first kappa shape index (κ1) is 17.9. The Balaban J connectivity index is 1.98. The molecular formula is C16H19BrN2O3S2. The number of anilines is 1. The van der Waals surface area contributed by atoms with Crippen LogP contribution in [0.5, 0.6) is 0 Å². The topological polar surface area (TPSA) is 66.8 Å². The zero-order valence-corrected chi connectivity index (χ0v) is 16.7. The van der Waals surface area contributed by atoms with Gasteiger partial charge < -0.3 is 4.90 Å². The molecule has 24 heavy (non-hydrogen) atoms. The Kier molecular flexibility index (Phi) is 5.09. The number of amidine groups is 1. The number of thioether (sulfide) groups is 1. The first-order valence-corrected chi connectivity index (χ1v) is 11.3. The number of aliphatic imine (C=N–C) groups is 1. The summed E-state index contributed by atoms with van der Waals surface area (Å²) in [6, 6.07) is 7.49. The lowest BCUT2D eigenvalue weighted by molar-refractivity contribution is -0.121.